The van der Waals surface area contributed by atoms with Crippen molar-refractivity contribution in [2.24, 2.45) is 4.99 Å². The number of amides is 2. The summed E-state index contributed by atoms with van der Waals surface area (Å²) < 4.78 is 14.0. The van der Waals surface area contributed by atoms with E-state index in [1.165, 1.54) is 24.6 Å². The van der Waals surface area contributed by atoms with Crippen LogP contribution in [0.25, 0.3) is 0 Å². The van der Waals surface area contributed by atoms with Gasteiger partial charge in [0.05, 0.1) is 11.2 Å². The van der Waals surface area contributed by atoms with E-state index in [0.717, 1.165) is 10.6 Å². The lowest BCUT2D eigenvalue weighted by atomic mass is 10.3. The molecular formula is C10H5ClFN2O2+. The lowest BCUT2D eigenvalue weighted by Crippen LogP contribution is -2.28. The summed E-state index contributed by atoms with van der Waals surface area (Å²) in [6, 6.07) is 3.73. The molecule has 0 atom stereocenters. The number of carbonyl (C=O) groups excluding carboxylic acids is 2. The van der Waals surface area contributed by atoms with E-state index in [1.54, 1.807) is 0 Å². The van der Waals surface area contributed by atoms with Crippen molar-refractivity contribution >= 4 is 41.5 Å². The second-order valence-corrected chi connectivity index (χ2v) is 3.41. The molecule has 0 aliphatic carbocycles. The van der Waals surface area contributed by atoms with Crippen LogP contribution in [0, 0.1) is 5.82 Å². The second kappa shape index (κ2) is 3.94. The Hall–Kier alpha value is -1.88. The van der Waals surface area contributed by atoms with E-state index >= 15 is 0 Å². The molecule has 2 amide bonds. The molecule has 16 heavy (non-hydrogen) atoms. The van der Waals surface area contributed by atoms with Gasteiger partial charge in [-0.05, 0) is 6.07 Å². The molecule has 1 aromatic carbocycles. The summed E-state index contributed by atoms with van der Waals surface area (Å²) in [4.78, 5) is 25.7. The minimum Gasteiger partial charge on any atom is -0.255 e. The summed E-state index contributed by atoms with van der Waals surface area (Å²) in [5.74, 6) is -2.26. The number of benzene rings is 1. The van der Waals surface area contributed by atoms with Crippen LogP contribution in [0.15, 0.2) is 23.2 Å². The van der Waals surface area contributed by atoms with Gasteiger partial charge in [-0.15, -0.1) is 4.58 Å². The van der Waals surface area contributed by atoms with E-state index < -0.39 is 17.6 Å². The molecule has 0 saturated carbocycles. The lowest BCUT2D eigenvalue weighted by Gasteiger charge is -2.01. The molecule has 0 bridgehead atoms. The van der Waals surface area contributed by atoms with Gasteiger partial charge in [0.25, 0.3) is 0 Å². The van der Waals surface area contributed by atoms with Crippen molar-refractivity contribution < 1.29 is 18.6 Å². The van der Waals surface area contributed by atoms with Crippen molar-refractivity contribution in [3.05, 3.63) is 29.0 Å². The normalized spacial score (nSPS) is 15.2. The van der Waals surface area contributed by atoms with Crippen LogP contribution in [0.1, 0.15) is 0 Å². The summed E-state index contributed by atoms with van der Waals surface area (Å²) in [7, 11) is 0. The first-order chi connectivity index (χ1) is 7.59. The third kappa shape index (κ3) is 1.77. The third-order valence-electron chi connectivity index (χ3n) is 1.99. The Labute approximate surface area is 94.7 Å². The third-order valence-corrected chi connectivity index (χ3v) is 2.28. The molecule has 0 aromatic heterocycles. The predicted molar refractivity (Wildman–Crippen MR) is 55.9 cm³/mol. The number of nitrogens with zero attached hydrogens (tertiary/aromatic N) is 2. The predicted octanol–water partition coefficient (Wildman–Crippen LogP) is 1.33. The molecule has 0 radical (unpaired) electrons. The van der Waals surface area contributed by atoms with E-state index in [2.05, 4.69) is 4.99 Å². The molecule has 1 aliphatic heterocycles. The second-order valence-electron chi connectivity index (χ2n) is 3.01. The summed E-state index contributed by atoms with van der Waals surface area (Å²) in [5, 5.41) is -0.117. The van der Waals surface area contributed by atoms with Crippen LogP contribution < -0.4 is 0 Å². The van der Waals surface area contributed by atoms with Gasteiger partial charge in [0.2, 0.25) is 5.69 Å². The number of halogens is 2. The lowest BCUT2D eigenvalue weighted by molar-refractivity contribution is -0.356. The van der Waals surface area contributed by atoms with E-state index in [-0.39, 0.29) is 5.02 Å². The van der Waals surface area contributed by atoms with Gasteiger partial charge in [0.1, 0.15) is 5.82 Å². The van der Waals surface area contributed by atoms with Gasteiger partial charge < -0.3 is 0 Å². The van der Waals surface area contributed by atoms with Crippen molar-refractivity contribution in [1.82, 2.24) is 0 Å². The van der Waals surface area contributed by atoms with E-state index in [9.17, 15) is 14.0 Å². The van der Waals surface area contributed by atoms with Crippen LogP contribution in [0.3, 0.4) is 0 Å². The highest BCUT2D eigenvalue weighted by Crippen LogP contribution is 2.21. The summed E-state index contributed by atoms with van der Waals surface area (Å²) in [6.07, 6.45) is 2.51. The molecule has 4 nitrogen and oxygen atoms in total. The van der Waals surface area contributed by atoms with Gasteiger partial charge in [-0.2, -0.15) is 0 Å². The van der Waals surface area contributed by atoms with Gasteiger partial charge in [-0.25, -0.2) is 14.2 Å². The van der Waals surface area contributed by atoms with Crippen molar-refractivity contribution in [3.63, 3.8) is 0 Å². The standard InChI is InChI=1S/C10H5ClFN2O2/c11-7-5-6(1-2-8(7)12)14-4-3-13-9(15)10(14)16/h1-5H/q+1. The number of aliphatic imine (C=N–C) groups is 1. The van der Waals surface area contributed by atoms with Gasteiger partial charge >= 0.3 is 11.8 Å². The summed E-state index contributed by atoms with van der Waals surface area (Å²) in [6.45, 7) is 0. The molecule has 0 N–H and O–H groups in total. The molecular weight excluding hydrogens is 235 g/mol. The molecule has 0 fully saturated rings. The fourth-order valence-electron chi connectivity index (χ4n) is 1.23. The number of rotatable bonds is 1. The smallest absolute Gasteiger partial charge is 0.255 e. The summed E-state index contributed by atoms with van der Waals surface area (Å²) in [5.41, 5.74) is 0.316. The van der Waals surface area contributed by atoms with Gasteiger partial charge in [0, 0.05) is 12.1 Å². The Bertz CT molecular complexity index is 552. The SMILES string of the molecule is O=C1N=CC=[N+](c2ccc(F)c(Cl)c2)C1=O. The first-order valence-electron chi connectivity index (χ1n) is 4.29. The maximum Gasteiger partial charge on any atom is 0.485 e. The number of hydrogen-bond acceptors (Lipinski definition) is 2. The van der Waals surface area contributed by atoms with Crippen LogP contribution >= 0.6 is 11.6 Å². The zero-order valence-electron chi connectivity index (χ0n) is 7.85. The van der Waals surface area contributed by atoms with Crippen LogP contribution in [0.2, 0.25) is 5.02 Å². The first kappa shape index (κ1) is 10.6. The minimum absolute atomic E-state index is 0.117. The Kier molecular flexibility index (Phi) is 2.62. The topological polar surface area (TPSA) is 49.5 Å². The monoisotopic (exact) mass is 239 g/mol. The minimum atomic E-state index is -0.872. The molecule has 0 saturated heterocycles. The highest BCUT2D eigenvalue weighted by atomic mass is 35.5. The molecule has 1 aromatic rings. The molecule has 2 rings (SSSR count). The van der Waals surface area contributed by atoms with Crippen LogP contribution in [-0.4, -0.2) is 28.8 Å². The maximum atomic E-state index is 12.9. The van der Waals surface area contributed by atoms with Crippen LogP contribution in [-0.2, 0) is 9.59 Å². The molecule has 1 aliphatic rings. The average molecular weight is 240 g/mol. The molecule has 0 unspecified atom stereocenters. The molecule has 6 heteroatoms. The number of hydrogen-bond donors (Lipinski definition) is 0. The molecule has 0 spiro atoms. The average Bonchev–Trinajstić information content (AvgIpc) is 2.26. The maximum absolute atomic E-state index is 12.9. The zero-order valence-corrected chi connectivity index (χ0v) is 8.61. The largest absolute Gasteiger partial charge is 0.485 e. The highest BCUT2D eigenvalue weighted by Gasteiger charge is 2.30. The zero-order chi connectivity index (χ0) is 11.7. The van der Waals surface area contributed by atoms with E-state index in [1.807, 2.05) is 0 Å². The van der Waals surface area contributed by atoms with Crippen molar-refractivity contribution in [3.8, 4) is 0 Å². The molecule has 1 heterocycles. The highest BCUT2D eigenvalue weighted by molar-refractivity contribution is 6.39. The fraction of sp³-hybridized carbons (Fsp3) is 0. The van der Waals surface area contributed by atoms with Gasteiger partial charge in [-0.3, -0.25) is 4.79 Å². The first-order valence-corrected chi connectivity index (χ1v) is 4.67. The summed E-state index contributed by atoms with van der Waals surface area (Å²) >= 11 is 5.57. The van der Waals surface area contributed by atoms with Crippen LogP contribution in [0.5, 0.6) is 0 Å². The fourth-order valence-corrected chi connectivity index (χ4v) is 1.41. The Morgan fingerprint density at radius 2 is 2.06 bits per heavy atom. The van der Waals surface area contributed by atoms with Crippen molar-refractivity contribution in [2.75, 3.05) is 0 Å². The van der Waals surface area contributed by atoms with Gasteiger partial charge in [-0.1, -0.05) is 11.6 Å². The van der Waals surface area contributed by atoms with Crippen molar-refractivity contribution in [2.45, 2.75) is 0 Å². The van der Waals surface area contributed by atoms with E-state index in [4.69, 9.17) is 11.6 Å². The Balaban J connectivity index is 2.49. The van der Waals surface area contributed by atoms with Gasteiger partial charge in [0.15, 0.2) is 6.21 Å². The number of carbonyl (C=O) groups is 2. The Morgan fingerprint density at radius 3 is 2.75 bits per heavy atom. The Morgan fingerprint density at radius 1 is 1.31 bits per heavy atom. The van der Waals surface area contributed by atoms with Crippen molar-refractivity contribution in [1.29, 1.82) is 0 Å². The van der Waals surface area contributed by atoms with Crippen LogP contribution in [0.4, 0.5) is 10.1 Å². The van der Waals surface area contributed by atoms with E-state index in [0.29, 0.717) is 5.69 Å². The quantitative estimate of drug-likeness (QED) is 0.548. The molecule has 80 valence electrons.